The number of hydrogen-bond donors (Lipinski definition) is 0. The zero-order chi connectivity index (χ0) is 23.8. The summed E-state index contributed by atoms with van der Waals surface area (Å²) >= 11 is 0. The molecule has 1 nitrogen and oxygen atoms in total. The van der Waals surface area contributed by atoms with E-state index in [4.69, 9.17) is 4.74 Å². The Morgan fingerprint density at radius 1 is 0.588 bits per heavy atom. The molecule has 0 heterocycles. The second-order valence-corrected chi connectivity index (χ2v) is 9.32. The Hall–Kier alpha value is -3.32. The molecule has 0 fully saturated rings. The maximum Gasteiger partial charge on any atom is 0.127 e. The molecule has 0 radical (unpaired) electrons. The van der Waals surface area contributed by atoms with Gasteiger partial charge in [0, 0.05) is 0 Å². The van der Waals surface area contributed by atoms with Crippen molar-refractivity contribution in [3.63, 3.8) is 0 Å². The van der Waals surface area contributed by atoms with Gasteiger partial charge in [-0.1, -0.05) is 106 Å². The lowest BCUT2D eigenvalue weighted by atomic mass is 9.91. The summed E-state index contributed by atoms with van der Waals surface area (Å²) in [5.74, 6) is 2.24. The van der Waals surface area contributed by atoms with Crippen molar-refractivity contribution in [3.05, 3.63) is 119 Å². The predicted molar refractivity (Wildman–Crippen MR) is 145 cm³/mol. The van der Waals surface area contributed by atoms with E-state index in [0.717, 1.165) is 37.2 Å². The van der Waals surface area contributed by atoms with Crippen LogP contribution >= 0.6 is 0 Å². The van der Waals surface area contributed by atoms with Crippen molar-refractivity contribution in [1.29, 1.82) is 0 Å². The smallest absolute Gasteiger partial charge is 0.127 e. The van der Waals surface area contributed by atoms with Gasteiger partial charge >= 0.3 is 0 Å². The molecule has 34 heavy (non-hydrogen) atoms. The molecule has 0 bridgehead atoms. The molecule has 4 aromatic rings. The first-order valence-corrected chi connectivity index (χ1v) is 12.7. The summed E-state index contributed by atoms with van der Waals surface area (Å²) in [5.41, 5.74) is 8.06. The fraction of sp³-hybridized carbons (Fsp3) is 0.273. The maximum atomic E-state index is 6.10. The molecule has 4 rings (SSSR count). The van der Waals surface area contributed by atoms with E-state index in [-0.39, 0.29) is 0 Å². The highest BCUT2D eigenvalue weighted by atomic mass is 16.5. The molecule has 0 aromatic heterocycles. The van der Waals surface area contributed by atoms with Crippen LogP contribution in [0, 0.1) is 0 Å². The van der Waals surface area contributed by atoms with Crippen LogP contribution in [0.15, 0.2) is 97.1 Å². The Kier molecular flexibility index (Phi) is 8.20. The molecule has 0 aliphatic carbocycles. The largest absolute Gasteiger partial charge is 0.457 e. The van der Waals surface area contributed by atoms with Crippen LogP contribution in [-0.2, 0) is 19.3 Å². The fourth-order valence-corrected chi connectivity index (χ4v) is 4.57. The van der Waals surface area contributed by atoms with Gasteiger partial charge in [-0.2, -0.15) is 0 Å². The Balaban J connectivity index is 1.42. The highest BCUT2D eigenvalue weighted by Gasteiger charge is 2.09. The van der Waals surface area contributed by atoms with Crippen LogP contribution < -0.4 is 4.74 Å². The molecule has 0 spiro atoms. The molecule has 0 aliphatic rings. The zero-order valence-corrected chi connectivity index (χ0v) is 20.8. The second-order valence-electron chi connectivity index (χ2n) is 9.32. The fourth-order valence-electron chi connectivity index (χ4n) is 4.57. The number of benzene rings is 4. The summed E-state index contributed by atoms with van der Waals surface area (Å²) in [4.78, 5) is 0. The van der Waals surface area contributed by atoms with Crippen LogP contribution in [0.4, 0.5) is 0 Å². The molecular formula is C33H36O. The SMILES string of the molecule is CCCc1cccc(Oc2ccc(CC(C)c3cccc(-c4cccc(CCC)c4)c3)cc2)c1. The van der Waals surface area contributed by atoms with Crippen molar-refractivity contribution in [2.24, 2.45) is 0 Å². The number of hydrogen-bond acceptors (Lipinski definition) is 1. The van der Waals surface area contributed by atoms with Gasteiger partial charge in [0.1, 0.15) is 11.5 Å². The van der Waals surface area contributed by atoms with Crippen LogP contribution in [0.5, 0.6) is 11.5 Å². The van der Waals surface area contributed by atoms with Gasteiger partial charge in [-0.3, -0.25) is 0 Å². The molecule has 1 atom stereocenters. The first-order chi connectivity index (χ1) is 16.6. The van der Waals surface area contributed by atoms with Crippen molar-refractivity contribution in [1.82, 2.24) is 0 Å². The van der Waals surface area contributed by atoms with Crippen LogP contribution in [0.25, 0.3) is 11.1 Å². The van der Waals surface area contributed by atoms with Crippen molar-refractivity contribution >= 4 is 0 Å². The minimum Gasteiger partial charge on any atom is -0.457 e. The van der Waals surface area contributed by atoms with Gasteiger partial charge in [0.05, 0.1) is 0 Å². The molecule has 0 saturated heterocycles. The number of ether oxygens (including phenoxy) is 1. The van der Waals surface area contributed by atoms with Gasteiger partial charge in [0.15, 0.2) is 0 Å². The molecule has 0 aliphatic heterocycles. The topological polar surface area (TPSA) is 9.23 Å². The highest BCUT2D eigenvalue weighted by Crippen LogP contribution is 2.28. The summed E-state index contributed by atoms with van der Waals surface area (Å²) in [6.07, 6.45) is 5.54. The van der Waals surface area contributed by atoms with Gasteiger partial charge in [0.25, 0.3) is 0 Å². The minimum absolute atomic E-state index is 0.441. The van der Waals surface area contributed by atoms with E-state index in [9.17, 15) is 0 Å². The van der Waals surface area contributed by atoms with E-state index in [0.29, 0.717) is 5.92 Å². The normalized spacial score (nSPS) is 11.9. The van der Waals surface area contributed by atoms with Crippen molar-refractivity contribution in [2.45, 2.75) is 58.8 Å². The molecule has 0 amide bonds. The van der Waals surface area contributed by atoms with Crippen LogP contribution in [0.3, 0.4) is 0 Å². The Bertz CT molecular complexity index is 1190. The minimum atomic E-state index is 0.441. The van der Waals surface area contributed by atoms with Crippen molar-refractivity contribution < 1.29 is 4.74 Å². The standard InChI is InChI=1S/C33H36O/c1-4-9-26-11-6-14-30(22-26)31-15-8-13-29(24-31)25(3)21-28-17-19-32(20-18-28)34-33-16-7-12-27(23-33)10-5-2/h6-8,11-20,22-25H,4-5,9-10,21H2,1-3H3. The average Bonchev–Trinajstić information content (AvgIpc) is 2.86. The average molecular weight is 449 g/mol. The predicted octanol–water partition coefficient (Wildman–Crippen LogP) is 9.40. The summed E-state index contributed by atoms with van der Waals surface area (Å²) in [5, 5.41) is 0. The molecule has 0 saturated carbocycles. The zero-order valence-electron chi connectivity index (χ0n) is 20.8. The van der Waals surface area contributed by atoms with Gasteiger partial charge in [-0.15, -0.1) is 0 Å². The quantitative estimate of drug-likeness (QED) is 0.235. The first-order valence-electron chi connectivity index (χ1n) is 12.7. The van der Waals surface area contributed by atoms with E-state index in [1.807, 2.05) is 6.07 Å². The number of rotatable bonds is 10. The van der Waals surface area contributed by atoms with Crippen LogP contribution in [0.1, 0.15) is 61.8 Å². The first kappa shape index (κ1) is 23.8. The third-order valence-corrected chi connectivity index (χ3v) is 6.39. The summed E-state index contributed by atoms with van der Waals surface area (Å²) in [7, 11) is 0. The van der Waals surface area contributed by atoms with E-state index in [1.54, 1.807) is 0 Å². The van der Waals surface area contributed by atoms with E-state index >= 15 is 0 Å². The molecule has 174 valence electrons. The highest BCUT2D eigenvalue weighted by molar-refractivity contribution is 5.65. The molecular weight excluding hydrogens is 412 g/mol. The van der Waals surface area contributed by atoms with Gasteiger partial charge in [-0.05, 0) is 82.8 Å². The second kappa shape index (κ2) is 11.7. The van der Waals surface area contributed by atoms with E-state index in [2.05, 4.69) is 112 Å². The molecule has 1 heteroatoms. The van der Waals surface area contributed by atoms with E-state index in [1.165, 1.54) is 39.8 Å². The van der Waals surface area contributed by atoms with Crippen molar-refractivity contribution in [2.75, 3.05) is 0 Å². The third-order valence-electron chi connectivity index (χ3n) is 6.39. The molecule has 1 unspecified atom stereocenters. The lowest BCUT2D eigenvalue weighted by molar-refractivity contribution is 0.481. The van der Waals surface area contributed by atoms with Crippen LogP contribution in [-0.4, -0.2) is 0 Å². The summed E-state index contributed by atoms with van der Waals surface area (Å²) < 4.78 is 6.10. The van der Waals surface area contributed by atoms with Gasteiger partial charge in [-0.25, -0.2) is 0 Å². The van der Waals surface area contributed by atoms with E-state index < -0.39 is 0 Å². The Morgan fingerprint density at radius 3 is 1.91 bits per heavy atom. The maximum absolute atomic E-state index is 6.10. The molecule has 4 aromatic carbocycles. The summed E-state index contributed by atoms with van der Waals surface area (Å²) in [6.45, 7) is 6.75. The molecule has 0 N–H and O–H groups in total. The lowest BCUT2D eigenvalue weighted by Crippen LogP contribution is -1.99. The monoisotopic (exact) mass is 448 g/mol. The lowest BCUT2D eigenvalue weighted by Gasteiger charge is -2.15. The summed E-state index contributed by atoms with van der Waals surface area (Å²) in [6, 6.07) is 35.0. The van der Waals surface area contributed by atoms with Gasteiger partial charge < -0.3 is 4.74 Å². The third kappa shape index (κ3) is 6.38. The Labute approximate surface area is 205 Å². The van der Waals surface area contributed by atoms with Crippen molar-refractivity contribution in [3.8, 4) is 22.6 Å². The van der Waals surface area contributed by atoms with Gasteiger partial charge in [0.2, 0.25) is 0 Å². The number of aryl methyl sites for hydroxylation is 2. The Morgan fingerprint density at radius 2 is 1.21 bits per heavy atom. The van der Waals surface area contributed by atoms with Crippen LogP contribution in [0.2, 0.25) is 0 Å².